The van der Waals surface area contributed by atoms with Crippen LogP contribution in [0.2, 0.25) is 0 Å². The molecule has 3 fully saturated rings. The molecule has 1 unspecified atom stereocenters. The third-order valence-corrected chi connectivity index (χ3v) is 9.45. The highest BCUT2D eigenvalue weighted by Gasteiger charge is 2.69. The van der Waals surface area contributed by atoms with E-state index in [0.29, 0.717) is 17.4 Å². The van der Waals surface area contributed by atoms with Crippen LogP contribution >= 0.6 is 0 Å². The lowest BCUT2D eigenvalue weighted by molar-refractivity contribution is -0.198. The summed E-state index contributed by atoms with van der Waals surface area (Å²) in [6.07, 6.45) is 17.0. The molecule has 2 bridgehead atoms. The van der Waals surface area contributed by atoms with Gasteiger partial charge in [0, 0.05) is 23.4 Å². The topological polar surface area (TPSA) is 48.0 Å². The molecule has 1 saturated carbocycles. The number of carbonyl (C=O) groups excluding carboxylic acids is 1. The highest BCUT2D eigenvalue weighted by atomic mass is 16.8. The molecule has 188 valence electrons. The minimum atomic E-state index is -0.629. The van der Waals surface area contributed by atoms with Crippen molar-refractivity contribution in [1.29, 1.82) is 0 Å². The lowest BCUT2D eigenvalue weighted by Crippen LogP contribution is -2.79. The molecule has 0 amide bonds. The van der Waals surface area contributed by atoms with Gasteiger partial charge in [-0.2, -0.15) is 0 Å². The van der Waals surface area contributed by atoms with Crippen molar-refractivity contribution in [3.63, 3.8) is 0 Å². The number of piperidine rings is 2. The normalized spacial score (nSPS) is 30.5. The molecule has 1 aromatic rings. The van der Waals surface area contributed by atoms with Crippen molar-refractivity contribution in [3.8, 4) is 5.75 Å². The largest absolute Gasteiger partial charge is 0.511 e. The molecule has 4 atom stereocenters. The van der Waals surface area contributed by atoms with Crippen LogP contribution in [0.4, 0.5) is 4.79 Å². The fourth-order valence-electron chi connectivity index (χ4n) is 7.75. The van der Waals surface area contributed by atoms with Gasteiger partial charge in [-0.15, -0.1) is 0 Å². The number of hydrogen-bond donors (Lipinski definition) is 0. The maximum Gasteiger partial charge on any atom is 0.511 e. The Bertz CT molecular complexity index is 849. The molecule has 5 rings (SSSR count). The summed E-state index contributed by atoms with van der Waals surface area (Å²) >= 11 is 0. The molecule has 34 heavy (non-hydrogen) atoms. The van der Waals surface area contributed by atoms with E-state index in [2.05, 4.69) is 24.0 Å². The molecule has 0 N–H and O–H groups in total. The van der Waals surface area contributed by atoms with Crippen LogP contribution in [-0.4, -0.2) is 43.6 Å². The van der Waals surface area contributed by atoms with Gasteiger partial charge in [-0.3, -0.25) is 4.90 Å². The zero-order chi connectivity index (χ0) is 23.4. The van der Waals surface area contributed by atoms with Gasteiger partial charge in [-0.05, 0) is 61.9 Å². The number of rotatable bonds is 12. The SMILES string of the molecule is CCCCCCCCCCOC(=O)OCOc1ccc2c(c1)[C@]13CCCC[C@@]14CN(CC3)[C@H]4C2. The maximum atomic E-state index is 11.9. The molecule has 2 aliphatic heterocycles. The fraction of sp³-hybridized carbons (Fsp3) is 0.759. The van der Waals surface area contributed by atoms with Crippen LogP contribution in [0.15, 0.2) is 18.2 Å². The Morgan fingerprint density at radius 1 is 1.00 bits per heavy atom. The predicted molar refractivity (Wildman–Crippen MR) is 133 cm³/mol. The number of unbranched alkanes of at least 4 members (excludes halogenated alkanes) is 7. The molecule has 5 nitrogen and oxygen atoms in total. The highest BCUT2D eigenvalue weighted by molar-refractivity contribution is 5.59. The van der Waals surface area contributed by atoms with E-state index in [1.807, 2.05) is 6.07 Å². The summed E-state index contributed by atoms with van der Waals surface area (Å²) in [4.78, 5) is 14.6. The van der Waals surface area contributed by atoms with Crippen LogP contribution in [-0.2, 0) is 21.3 Å². The lowest BCUT2D eigenvalue weighted by Gasteiger charge is -2.74. The van der Waals surface area contributed by atoms with E-state index in [0.717, 1.165) is 24.6 Å². The Hall–Kier alpha value is -1.75. The molecule has 1 spiro atoms. The summed E-state index contributed by atoms with van der Waals surface area (Å²) in [5, 5.41) is 0. The van der Waals surface area contributed by atoms with Crippen molar-refractivity contribution in [2.45, 2.75) is 108 Å². The lowest BCUT2D eigenvalue weighted by atomic mass is 9.40. The zero-order valence-electron chi connectivity index (χ0n) is 21.1. The Morgan fingerprint density at radius 3 is 2.65 bits per heavy atom. The van der Waals surface area contributed by atoms with Crippen LogP contribution in [0.3, 0.4) is 0 Å². The summed E-state index contributed by atoms with van der Waals surface area (Å²) in [6, 6.07) is 7.32. The maximum absolute atomic E-state index is 11.9. The van der Waals surface area contributed by atoms with Gasteiger partial charge in [0.15, 0.2) is 0 Å². The van der Waals surface area contributed by atoms with E-state index in [9.17, 15) is 4.79 Å². The molecule has 2 aliphatic carbocycles. The van der Waals surface area contributed by atoms with E-state index >= 15 is 0 Å². The van der Waals surface area contributed by atoms with Crippen LogP contribution in [0.1, 0.15) is 102 Å². The van der Waals surface area contributed by atoms with Gasteiger partial charge >= 0.3 is 6.16 Å². The number of benzene rings is 1. The first-order chi connectivity index (χ1) is 16.7. The number of nitrogens with zero attached hydrogens (tertiary/aromatic N) is 1. The first kappa shape index (κ1) is 24.0. The summed E-state index contributed by atoms with van der Waals surface area (Å²) in [7, 11) is 0. The smallest absolute Gasteiger partial charge is 0.457 e. The van der Waals surface area contributed by atoms with Crippen molar-refractivity contribution in [1.82, 2.24) is 4.90 Å². The summed E-state index contributed by atoms with van der Waals surface area (Å²) in [5.41, 5.74) is 3.85. The van der Waals surface area contributed by atoms with Crippen molar-refractivity contribution in [2.24, 2.45) is 5.41 Å². The van der Waals surface area contributed by atoms with E-state index in [-0.39, 0.29) is 6.79 Å². The Kier molecular flexibility index (Phi) is 7.38. The number of carbonyl (C=O) groups is 1. The number of hydrogen-bond acceptors (Lipinski definition) is 5. The van der Waals surface area contributed by atoms with Gasteiger partial charge in [-0.25, -0.2) is 4.79 Å². The van der Waals surface area contributed by atoms with Crippen molar-refractivity contribution >= 4 is 6.16 Å². The Balaban J connectivity index is 1.06. The molecule has 2 heterocycles. The molecular weight excluding hydrogens is 426 g/mol. The third kappa shape index (κ3) is 4.34. The van der Waals surface area contributed by atoms with E-state index in [1.165, 1.54) is 101 Å². The van der Waals surface area contributed by atoms with Crippen LogP contribution in [0.25, 0.3) is 0 Å². The van der Waals surface area contributed by atoms with Gasteiger partial charge in [0.25, 0.3) is 0 Å². The first-order valence-corrected chi connectivity index (χ1v) is 14.0. The third-order valence-electron chi connectivity index (χ3n) is 9.45. The van der Waals surface area contributed by atoms with Gasteiger partial charge in [0.1, 0.15) is 5.75 Å². The fourth-order valence-corrected chi connectivity index (χ4v) is 7.75. The van der Waals surface area contributed by atoms with E-state index in [4.69, 9.17) is 14.2 Å². The highest BCUT2D eigenvalue weighted by Crippen LogP contribution is 2.68. The summed E-state index contributed by atoms with van der Waals surface area (Å²) < 4.78 is 16.3. The van der Waals surface area contributed by atoms with Gasteiger partial charge in [-0.1, -0.05) is 70.8 Å². The minimum absolute atomic E-state index is 0.0937. The van der Waals surface area contributed by atoms with Gasteiger partial charge in [0.2, 0.25) is 6.79 Å². The summed E-state index contributed by atoms with van der Waals surface area (Å²) in [6.45, 7) is 5.10. The molecule has 0 radical (unpaired) electrons. The van der Waals surface area contributed by atoms with Gasteiger partial charge in [0.05, 0.1) is 6.61 Å². The average molecular weight is 470 g/mol. The minimum Gasteiger partial charge on any atom is -0.457 e. The van der Waals surface area contributed by atoms with Crippen LogP contribution in [0.5, 0.6) is 5.75 Å². The van der Waals surface area contributed by atoms with Gasteiger partial charge < -0.3 is 14.2 Å². The standard InChI is InChI=1S/C29H43NO4/c1-2-3-4-5-6-7-8-11-18-32-27(31)34-22-33-24-13-12-23-19-26-29-15-10-9-14-28(29,25(23)20-24)16-17-30(26)21-29/h12-13,20,26H,2-11,14-19,21-22H2,1H3/t26-,28+,29-/m0/s1. The number of fused-ring (bicyclic) bond motifs is 3. The quantitative estimate of drug-likeness (QED) is 0.192. The zero-order valence-corrected chi connectivity index (χ0v) is 21.1. The number of ether oxygens (including phenoxy) is 3. The molecule has 1 aromatic carbocycles. The second-order valence-corrected chi connectivity index (χ2v) is 11.2. The predicted octanol–water partition coefficient (Wildman–Crippen LogP) is 6.76. The van der Waals surface area contributed by atoms with Crippen LogP contribution in [0, 0.1) is 5.41 Å². The van der Waals surface area contributed by atoms with Crippen LogP contribution < -0.4 is 4.74 Å². The molecule has 0 aromatic heterocycles. The molecule has 5 heteroatoms. The second kappa shape index (κ2) is 10.5. The van der Waals surface area contributed by atoms with E-state index in [1.54, 1.807) is 0 Å². The Labute approximate surface area is 205 Å². The monoisotopic (exact) mass is 469 g/mol. The summed E-state index contributed by atoms with van der Waals surface area (Å²) in [5.74, 6) is 0.810. The second-order valence-electron chi connectivity index (χ2n) is 11.2. The van der Waals surface area contributed by atoms with Crippen molar-refractivity contribution in [2.75, 3.05) is 26.5 Å². The molecular formula is C29H43NO4. The van der Waals surface area contributed by atoms with Crippen molar-refractivity contribution < 1.29 is 19.0 Å². The Morgan fingerprint density at radius 2 is 1.79 bits per heavy atom. The average Bonchev–Trinajstić information content (AvgIpc) is 2.85. The van der Waals surface area contributed by atoms with Crippen molar-refractivity contribution in [3.05, 3.63) is 29.3 Å². The first-order valence-electron chi connectivity index (χ1n) is 14.0. The molecule has 4 aliphatic rings. The van der Waals surface area contributed by atoms with E-state index < -0.39 is 6.16 Å². The molecule has 2 saturated heterocycles.